The van der Waals surface area contributed by atoms with Gasteiger partial charge < -0.3 is 4.90 Å². The van der Waals surface area contributed by atoms with E-state index in [1.807, 2.05) is 0 Å². The summed E-state index contributed by atoms with van der Waals surface area (Å²) >= 11 is 0. The molecule has 0 amide bonds. The molecule has 3 saturated heterocycles. The second-order valence-electron chi connectivity index (χ2n) is 5.30. The highest BCUT2D eigenvalue weighted by molar-refractivity contribution is 5.90. The second-order valence-corrected chi connectivity index (χ2v) is 5.30. The quantitative estimate of drug-likeness (QED) is 0.657. The van der Waals surface area contributed by atoms with Crippen molar-refractivity contribution in [2.75, 3.05) is 45.8 Å². The van der Waals surface area contributed by atoms with E-state index in [-0.39, 0.29) is 0 Å². The predicted octanol–water partition coefficient (Wildman–Crippen LogP) is 1.88. The summed E-state index contributed by atoms with van der Waals surface area (Å²) in [6, 6.07) is 0. The zero-order chi connectivity index (χ0) is 12.1. The molecule has 3 nitrogen and oxygen atoms in total. The first-order valence-electron chi connectivity index (χ1n) is 7.31. The number of rotatable bonds is 6. The largest absolute Gasteiger partial charge is 0.304 e. The standard InChI is InChI=1S/C14H27N3/c1-3-16(4-2)9-5-8-15-14-12-17-10-6-13(14)7-11-17/h13H,3-12H2,1-2H3. The molecule has 0 atom stereocenters. The van der Waals surface area contributed by atoms with Crippen molar-refractivity contribution < 1.29 is 0 Å². The average molecular weight is 237 g/mol. The summed E-state index contributed by atoms with van der Waals surface area (Å²) in [6.45, 7) is 12.8. The minimum atomic E-state index is 0.827. The molecule has 3 aliphatic rings. The minimum Gasteiger partial charge on any atom is -0.304 e. The second kappa shape index (κ2) is 6.50. The van der Waals surface area contributed by atoms with Crippen LogP contribution in [0.15, 0.2) is 4.99 Å². The van der Waals surface area contributed by atoms with Crippen LogP contribution < -0.4 is 0 Å². The molecule has 2 bridgehead atoms. The number of hydrogen-bond acceptors (Lipinski definition) is 3. The summed E-state index contributed by atoms with van der Waals surface area (Å²) in [7, 11) is 0. The molecule has 0 saturated carbocycles. The van der Waals surface area contributed by atoms with Crippen LogP contribution in [0.3, 0.4) is 0 Å². The fourth-order valence-electron chi connectivity index (χ4n) is 3.02. The van der Waals surface area contributed by atoms with E-state index in [1.165, 1.54) is 57.7 Å². The number of aliphatic imine (C=N–C) groups is 1. The van der Waals surface area contributed by atoms with Gasteiger partial charge in [0.05, 0.1) is 0 Å². The number of piperidine rings is 3. The van der Waals surface area contributed by atoms with Gasteiger partial charge in [0.25, 0.3) is 0 Å². The molecule has 3 aliphatic heterocycles. The van der Waals surface area contributed by atoms with E-state index in [2.05, 4.69) is 23.6 Å². The Labute approximate surface area is 106 Å². The van der Waals surface area contributed by atoms with Gasteiger partial charge in [0.2, 0.25) is 0 Å². The smallest absolute Gasteiger partial charge is 0.0401 e. The summed E-state index contributed by atoms with van der Waals surface area (Å²) in [5.74, 6) is 0.827. The van der Waals surface area contributed by atoms with Gasteiger partial charge in [-0.15, -0.1) is 0 Å². The first-order valence-corrected chi connectivity index (χ1v) is 7.31. The van der Waals surface area contributed by atoms with Gasteiger partial charge in [-0.25, -0.2) is 0 Å². The molecule has 3 rings (SSSR count). The Morgan fingerprint density at radius 1 is 1.24 bits per heavy atom. The Hall–Kier alpha value is -0.410. The normalized spacial score (nSPS) is 30.4. The lowest BCUT2D eigenvalue weighted by atomic mass is 9.86. The molecule has 0 aliphatic carbocycles. The van der Waals surface area contributed by atoms with Crippen LogP contribution in [-0.2, 0) is 0 Å². The van der Waals surface area contributed by atoms with Gasteiger partial charge in [-0.2, -0.15) is 0 Å². The van der Waals surface area contributed by atoms with E-state index in [0.29, 0.717) is 0 Å². The molecule has 17 heavy (non-hydrogen) atoms. The fourth-order valence-corrected chi connectivity index (χ4v) is 3.02. The third-order valence-corrected chi connectivity index (χ3v) is 4.29. The van der Waals surface area contributed by atoms with Gasteiger partial charge in [0, 0.05) is 24.7 Å². The Balaban J connectivity index is 1.70. The number of nitrogens with zero attached hydrogens (tertiary/aromatic N) is 3. The first kappa shape index (κ1) is 13.0. The topological polar surface area (TPSA) is 18.8 Å². The van der Waals surface area contributed by atoms with Crippen LogP contribution in [0.2, 0.25) is 0 Å². The summed E-state index contributed by atoms with van der Waals surface area (Å²) in [4.78, 5) is 9.90. The highest BCUT2D eigenvalue weighted by atomic mass is 15.2. The van der Waals surface area contributed by atoms with E-state index in [1.54, 1.807) is 0 Å². The SMILES string of the molecule is CCN(CC)CCCN=C1CN2CCC1CC2. The van der Waals surface area contributed by atoms with Crippen molar-refractivity contribution in [2.45, 2.75) is 33.1 Å². The van der Waals surface area contributed by atoms with E-state index in [0.717, 1.165) is 19.0 Å². The molecule has 0 aromatic carbocycles. The van der Waals surface area contributed by atoms with Gasteiger partial charge in [-0.3, -0.25) is 9.89 Å². The molecular formula is C14H27N3. The van der Waals surface area contributed by atoms with Gasteiger partial charge in [0.1, 0.15) is 0 Å². The Morgan fingerprint density at radius 3 is 2.47 bits per heavy atom. The maximum absolute atomic E-state index is 4.85. The molecule has 0 unspecified atom stereocenters. The molecule has 0 aromatic rings. The maximum atomic E-state index is 4.85. The molecule has 98 valence electrons. The summed E-state index contributed by atoms with van der Waals surface area (Å²) < 4.78 is 0. The Morgan fingerprint density at radius 2 is 1.94 bits per heavy atom. The molecule has 3 heteroatoms. The molecule has 0 radical (unpaired) electrons. The van der Waals surface area contributed by atoms with Crippen LogP contribution in [0.25, 0.3) is 0 Å². The fraction of sp³-hybridized carbons (Fsp3) is 0.929. The lowest BCUT2D eigenvalue weighted by Gasteiger charge is -2.40. The molecule has 0 aromatic heterocycles. The van der Waals surface area contributed by atoms with Gasteiger partial charge >= 0.3 is 0 Å². The van der Waals surface area contributed by atoms with Crippen LogP contribution >= 0.6 is 0 Å². The predicted molar refractivity (Wildman–Crippen MR) is 73.9 cm³/mol. The molecule has 0 spiro atoms. The lowest BCUT2D eigenvalue weighted by Crippen LogP contribution is -2.48. The van der Waals surface area contributed by atoms with Crippen LogP contribution in [0, 0.1) is 5.92 Å². The van der Waals surface area contributed by atoms with E-state index in [9.17, 15) is 0 Å². The Kier molecular flexibility index (Phi) is 4.99. The van der Waals surface area contributed by atoms with Crippen molar-refractivity contribution in [2.24, 2.45) is 10.9 Å². The summed E-state index contributed by atoms with van der Waals surface area (Å²) in [5.41, 5.74) is 1.50. The first-order chi connectivity index (χ1) is 8.33. The lowest BCUT2D eigenvalue weighted by molar-refractivity contribution is 0.200. The van der Waals surface area contributed by atoms with Gasteiger partial charge in [-0.05, 0) is 52.0 Å². The third kappa shape index (κ3) is 3.52. The van der Waals surface area contributed by atoms with Crippen LogP contribution in [-0.4, -0.2) is 61.3 Å². The molecular weight excluding hydrogens is 210 g/mol. The van der Waals surface area contributed by atoms with Crippen LogP contribution in [0.1, 0.15) is 33.1 Å². The van der Waals surface area contributed by atoms with Gasteiger partial charge in [-0.1, -0.05) is 13.8 Å². The monoisotopic (exact) mass is 237 g/mol. The Bertz CT molecular complexity index is 250. The van der Waals surface area contributed by atoms with E-state index in [4.69, 9.17) is 4.99 Å². The molecule has 3 fully saturated rings. The zero-order valence-electron chi connectivity index (χ0n) is 11.5. The van der Waals surface area contributed by atoms with Crippen molar-refractivity contribution in [1.29, 1.82) is 0 Å². The van der Waals surface area contributed by atoms with Crippen LogP contribution in [0.5, 0.6) is 0 Å². The highest BCUT2D eigenvalue weighted by Crippen LogP contribution is 2.25. The van der Waals surface area contributed by atoms with Gasteiger partial charge in [0.15, 0.2) is 0 Å². The summed E-state index contributed by atoms with van der Waals surface area (Å²) in [6.07, 6.45) is 3.93. The van der Waals surface area contributed by atoms with Crippen molar-refractivity contribution in [1.82, 2.24) is 9.80 Å². The third-order valence-electron chi connectivity index (χ3n) is 4.29. The number of hydrogen-bond donors (Lipinski definition) is 0. The highest BCUT2D eigenvalue weighted by Gasteiger charge is 2.30. The average Bonchev–Trinajstić information content (AvgIpc) is 2.40. The minimum absolute atomic E-state index is 0.827. The number of fused-ring (bicyclic) bond motifs is 3. The zero-order valence-corrected chi connectivity index (χ0v) is 11.5. The van der Waals surface area contributed by atoms with Crippen LogP contribution in [0.4, 0.5) is 0 Å². The van der Waals surface area contributed by atoms with Crippen molar-refractivity contribution >= 4 is 5.71 Å². The molecule has 3 heterocycles. The van der Waals surface area contributed by atoms with Crippen molar-refractivity contribution in [3.63, 3.8) is 0 Å². The maximum Gasteiger partial charge on any atom is 0.0401 e. The van der Waals surface area contributed by atoms with E-state index < -0.39 is 0 Å². The van der Waals surface area contributed by atoms with Crippen molar-refractivity contribution in [3.05, 3.63) is 0 Å². The van der Waals surface area contributed by atoms with Crippen molar-refractivity contribution in [3.8, 4) is 0 Å². The summed E-state index contributed by atoms with van der Waals surface area (Å²) in [5, 5.41) is 0. The molecule has 0 N–H and O–H groups in total. The van der Waals surface area contributed by atoms with E-state index >= 15 is 0 Å².